The molecule has 0 unspecified atom stereocenters. The van der Waals surface area contributed by atoms with Gasteiger partial charge >= 0.3 is 0 Å². The van der Waals surface area contributed by atoms with Crippen molar-refractivity contribution in [2.24, 2.45) is 0 Å². The molecule has 2 heterocycles. The van der Waals surface area contributed by atoms with E-state index >= 15 is 0 Å². The third-order valence-electron chi connectivity index (χ3n) is 5.86. The zero-order valence-electron chi connectivity index (χ0n) is 18.5. The molecule has 1 fully saturated rings. The Hall–Kier alpha value is -3.84. The molecule has 0 atom stereocenters. The predicted molar refractivity (Wildman–Crippen MR) is 127 cm³/mol. The fraction of sp³-hybridized carbons (Fsp3) is 0.231. The summed E-state index contributed by atoms with van der Waals surface area (Å²) < 4.78 is 11.3. The van der Waals surface area contributed by atoms with E-state index in [2.05, 4.69) is 14.9 Å². The molecule has 1 aliphatic rings. The number of fused-ring (bicyclic) bond motifs is 1. The van der Waals surface area contributed by atoms with Gasteiger partial charge in [-0.1, -0.05) is 30.3 Å². The van der Waals surface area contributed by atoms with E-state index in [1.807, 2.05) is 77.7 Å². The Morgan fingerprint density at radius 3 is 2.48 bits per heavy atom. The number of hydrogen-bond donors (Lipinski definition) is 1. The van der Waals surface area contributed by atoms with Crippen molar-refractivity contribution in [3.8, 4) is 17.2 Å². The van der Waals surface area contributed by atoms with Gasteiger partial charge in [0, 0.05) is 32.2 Å². The molecule has 168 valence electrons. The molecular weight excluding hydrogens is 416 g/mol. The van der Waals surface area contributed by atoms with Crippen LogP contribution in [-0.4, -0.2) is 59.0 Å². The summed E-state index contributed by atoms with van der Waals surface area (Å²) in [7, 11) is 1.66. The third kappa shape index (κ3) is 4.68. The van der Waals surface area contributed by atoms with Crippen LogP contribution in [0.1, 0.15) is 16.2 Å². The molecule has 1 N–H and O–H groups in total. The van der Waals surface area contributed by atoms with Gasteiger partial charge in [0.1, 0.15) is 23.1 Å². The van der Waals surface area contributed by atoms with Gasteiger partial charge in [-0.15, -0.1) is 0 Å². The number of nitrogens with one attached hydrogen (secondary N) is 1. The first kappa shape index (κ1) is 21.0. The predicted octanol–water partition coefficient (Wildman–Crippen LogP) is 4.32. The maximum atomic E-state index is 13.3. The number of rotatable bonds is 6. The molecule has 0 bridgehead atoms. The van der Waals surface area contributed by atoms with Crippen molar-refractivity contribution in [3.63, 3.8) is 0 Å². The quantitative estimate of drug-likeness (QED) is 0.482. The number of hydrogen-bond acceptors (Lipinski definition) is 5. The van der Waals surface area contributed by atoms with Crippen LogP contribution < -0.4 is 9.47 Å². The van der Waals surface area contributed by atoms with E-state index in [9.17, 15) is 4.79 Å². The summed E-state index contributed by atoms with van der Waals surface area (Å²) in [5, 5.41) is 0. The number of amides is 1. The van der Waals surface area contributed by atoms with E-state index in [1.54, 1.807) is 7.11 Å². The monoisotopic (exact) mass is 442 g/mol. The lowest BCUT2D eigenvalue weighted by Gasteiger charge is -2.34. The second kappa shape index (κ2) is 9.34. The molecule has 1 aromatic heterocycles. The minimum atomic E-state index is -0.00277. The highest BCUT2D eigenvalue weighted by molar-refractivity contribution is 5.97. The molecule has 7 heteroatoms. The Balaban J connectivity index is 1.22. The normalized spacial score (nSPS) is 14.4. The Kier molecular flexibility index (Phi) is 5.95. The van der Waals surface area contributed by atoms with Gasteiger partial charge in [-0.2, -0.15) is 0 Å². The minimum absolute atomic E-state index is 0.00277. The summed E-state index contributed by atoms with van der Waals surface area (Å²) in [6.45, 7) is 3.60. The van der Waals surface area contributed by atoms with Crippen molar-refractivity contribution in [2.45, 2.75) is 6.54 Å². The van der Waals surface area contributed by atoms with Gasteiger partial charge in [-0.25, -0.2) is 4.98 Å². The van der Waals surface area contributed by atoms with Crippen LogP contribution in [0.15, 0.2) is 72.8 Å². The largest absolute Gasteiger partial charge is 0.497 e. The average molecular weight is 443 g/mol. The van der Waals surface area contributed by atoms with E-state index in [-0.39, 0.29) is 5.91 Å². The first-order chi connectivity index (χ1) is 16.2. The summed E-state index contributed by atoms with van der Waals surface area (Å²) in [6.07, 6.45) is 0. The summed E-state index contributed by atoms with van der Waals surface area (Å²) in [4.78, 5) is 25.5. The van der Waals surface area contributed by atoms with Crippen molar-refractivity contribution in [1.82, 2.24) is 19.8 Å². The van der Waals surface area contributed by atoms with Crippen molar-refractivity contribution in [3.05, 3.63) is 84.2 Å². The second-order valence-electron chi connectivity index (χ2n) is 8.05. The topological polar surface area (TPSA) is 70.7 Å². The van der Waals surface area contributed by atoms with E-state index in [0.29, 0.717) is 36.7 Å². The molecule has 1 amide bonds. The van der Waals surface area contributed by atoms with E-state index in [4.69, 9.17) is 9.47 Å². The van der Waals surface area contributed by atoms with E-state index in [1.165, 1.54) is 0 Å². The van der Waals surface area contributed by atoms with Gasteiger partial charge in [0.05, 0.1) is 30.3 Å². The Morgan fingerprint density at radius 2 is 1.70 bits per heavy atom. The van der Waals surface area contributed by atoms with E-state index < -0.39 is 0 Å². The summed E-state index contributed by atoms with van der Waals surface area (Å²) in [5.74, 6) is 3.01. The number of aromatic nitrogens is 2. The number of piperazine rings is 1. The number of carbonyl (C=O) groups is 1. The van der Waals surface area contributed by atoms with Crippen molar-refractivity contribution in [1.29, 1.82) is 0 Å². The number of aromatic amines is 1. The van der Waals surface area contributed by atoms with Gasteiger partial charge in [0.15, 0.2) is 0 Å². The molecule has 3 aromatic carbocycles. The lowest BCUT2D eigenvalue weighted by Crippen LogP contribution is -2.48. The fourth-order valence-electron chi connectivity index (χ4n) is 4.08. The van der Waals surface area contributed by atoms with Crippen LogP contribution in [0.3, 0.4) is 0 Å². The molecule has 0 radical (unpaired) electrons. The highest BCUT2D eigenvalue weighted by Crippen LogP contribution is 2.26. The van der Waals surface area contributed by atoms with Crippen LogP contribution in [0.25, 0.3) is 11.0 Å². The van der Waals surface area contributed by atoms with Gasteiger partial charge in [0.2, 0.25) is 0 Å². The van der Waals surface area contributed by atoms with Crippen LogP contribution in [0, 0.1) is 0 Å². The number of carbonyl (C=O) groups excluding carboxylic acids is 1. The van der Waals surface area contributed by atoms with Gasteiger partial charge in [0.25, 0.3) is 5.91 Å². The summed E-state index contributed by atoms with van der Waals surface area (Å²) in [5.41, 5.74) is 2.48. The number of para-hydroxylation sites is 2. The molecule has 1 aliphatic heterocycles. The highest BCUT2D eigenvalue weighted by Gasteiger charge is 2.25. The molecule has 0 saturated carbocycles. The van der Waals surface area contributed by atoms with Crippen molar-refractivity contribution < 1.29 is 14.3 Å². The second-order valence-corrected chi connectivity index (χ2v) is 8.05. The number of H-pyrrole nitrogens is 1. The fourth-order valence-corrected chi connectivity index (χ4v) is 4.08. The molecule has 5 rings (SSSR count). The molecule has 0 spiro atoms. The smallest absolute Gasteiger partial charge is 0.257 e. The number of benzene rings is 3. The van der Waals surface area contributed by atoms with Crippen LogP contribution in [0.5, 0.6) is 17.2 Å². The molecule has 0 aliphatic carbocycles. The summed E-state index contributed by atoms with van der Waals surface area (Å²) in [6, 6.07) is 22.8. The first-order valence-corrected chi connectivity index (χ1v) is 11.1. The zero-order chi connectivity index (χ0) is 22.6. The van der Waals surface area contributed by atoms with Crippen LogP contribution in [0.2, 0.25) is 0 Å². The minimum Gasteiger partial charge on any atom is -0.497 e. The standard InChI is InChI=1S/C26H26N4O3/c1-32-20-11-12-22-23(17-20)28-25(27-22)18-29-13-15-30(16-14-29)26(31)21-9-5-6-10-24(21)33-19-7-3-2-4-8-19/h2-12,17H,13-16,18H2,1H3,(H,27,28). The van der Waals surface area contributed by atoms with Crippen molar-refractivity contribution in [2.75, 3.05) is 33.3 Å². The number of ether oxygens (including phenoxy) is 2. The average Bonchev–Trinajstić information content (AvgIpc) is 3.26. The number of imidazole rings is 1. The van der Waals surface area contributed by atoms with Gasteiger partial charge in [-0.05, 0) is 36.4 Å². The molecule has 1 saturated heterocycles. The maximum absolute atomic E-state index is 13.3. The maximum Gasteiger partial charge on any atom is 0.257 e. The van der Waals surface area contributed by atoms with Crippen LogP contribution >= 0.6 is 0 Å². The highest BCUT2D eigenvalue weighted by atomic mass is 16.5. The molecule has 7 nitrogen and oxygen atoms in total. The third-order valence-corrected chi connectivity index (χ3v) is 5.86. The lowest BCUT2D eigenvalue weighted by molar-refractivity contribution is 0.0623. The van der Waals surface area contributed by atoms with Gasteiger partial charge in [-0.3, -0.25) is 9.69 Å². The number of methoxy groups -OCH3 is 1. The Morgan fingerprint density at radius 1 is 0.939 bits per heavy atom. The number of nitrogens with zero attached hydrogens (tertiary/aromatic N) is 3. The molecule has 4 aromatic rings. The summed E-state index contributed by atoms with van der Waals surface area (Å²) >= 11 is 0. The SMILES string of the molecule is COc1ccc2nc(CN3CCN(C(=O)c4ccccc4Oc4ccccc4)CC3)[nH]c2c1. The molecular formula is C26H26N4O3. The Labute approximate surface area is 192 Å². The lowest BCUT2D eigenvalue weighted by atomic mass is 10.1. The van der Waals surface area contributed by atoms with Crippen LogP contribution in [-0.2, 0) is 6.54 Å². The van der Waals surface area contributed by atoms with Gasteiger partial charge < -0.3 is 19.4 Å². The van der Waals surface area contributed by atoms with Crippen LogP contribution in [0.4, 0.5) is 0 Å². The van der Waals surface area contributed by atoms with E-state index in [0.717, 1.165) is 35.7 Å². The van der Waals surface area contributed by atoms with Crippen molar-refractivity contribution >= 4 is 16.9 Å². The molecule has 33 heavy (non-hydrogen) atoms. The Bertz CT molecular complexity index is 1250. The first-order valence-electron chi connectivity index (χ1n) is 11.1. The zero-order valence-corrected chi connectivity index (χ0v) is 18.5.